The zero-order valence-corrected chi connectivity index (χ0v) is 11.0. The van der Waals surface area contributed by atoms with E-state index in [2.05, 4.69) is 15.3 Å². The van der Waals surface area contributed by atoms with E-state index in [4.69, 9.17) is 23.2 Å². The molecule has 0 bridgehead atoms. The molecule has 0 aliphatic heterocycles. The van der Waals surface area contributed by atoms with Gasteiger partial charge in [0.05, 0.1) is 27.1 Å². The van der Waals surface area contributed by atoms with Crippen LogP contribution in [0, 0.1) is 13.8 Å². The van der Waals surface area contributed by atoms with Crippen molar-refractivity contribution in [1.82, 2.24) is 9.97 Å². The second kappa shape index (κ2) is 4.90. The Bertz CT molecular complexity index is 532. The molecule has 0 aliphatic carbocycles. The van der Waals surface area contributed by atoms with Gasteiger partial charge in [-0.3, -0.25) is 0 Å². The van der Waals surface area contributed by atoms with Crippen LogP contribution in [0.15, 0.2) is 24.3 Å². The van der Waals surface area contributed by atoms with Crippen molar-refractivity contribution < 1.29 is 0 Å². The maximum absolute atomic E-state index is 6.04. The Kier molecular flexibility index (Phi) is 3.50. The number of rotatable bonds is 2. The van der Waals surface area contributed by atoms with Crippen molar-refractivity contribution in [3.05, 3.63) is 45.7 Å². The van der Waals surface area contributed by atoms with Crippen molar-refractivity contribution in [1.29, 1.82) is 0 Å². The van der Waals surface area contributed by atoms with Gasteiger partial charge < -0.3 is 5.32 Å². The lowest BCUT2D eigenvalue weighted by atomic mass is 10.3. The van der Waals surface area contributed by atoms with Crippen molar-refractivity contribution in [2.24, 2.45) is 0 Å². The first-order chi connectivity index (χ1) is 8.08. The summed E-state index contributed by atoms with van der Waals surface area (Å²) in [4.78, 5) is 8.51. The van der Waals surface area contributed by atoms with E-state index in [1.807, 2.05) is 32.0 Å². The van der Waals surface area contributed by atoms with Crippen LogP contribution >= 0.6 is 23.2 Å². The molecule has 0 saturated heterocycles. The van der Waals surface area contributed by atoms with Gasteiger partial charge in [0.25, 0.3) is 0 Å². The molecule has 0 radical (unpaired) electrons. The topological polar surface area (TPSA) is 37.8 Å². The fourth-order valence-electron chi connectivity index (χ4n) is 1.44. The van der Waals surface area contributed by atoms with Crippen LogP contribution in [0.2, 0.25) is 10.0 Å². The second-order valence-corrected chi connectivity index (χ2v) is 4.42. The van der Waals surface area contributed by atoms with Crippen LogP contribution in [0.5, 0.6) is 0 Å². The lowest BCUT2D eigenvalue weighted by Gasteiger charge is -2.09. The second-order valence-electron chi connectivity index (χ2n) is 3.64. The molecule has 2 aromatic rings. The molecule has 0 aliphatic rings. The lowest BCUT2D eigenvalue weighted by Crippen LogP contribution is -2.01. The molecule has 0 saturated carbocycles. The first kappa shape index (κ1) is 12.1. The average Bonchev–Trinajstić information content (AvgIpc) is 2.29. The van der Waals surface area contributed by atoms with Gasteiger partial charge in [-0.05, 0) is 26.0 Å². The molecule has 0 fully saturated rings. The number of nitrogens with one attached hydrogen (secondary N) is 1. The predicted octanol–water partition coefficient (Wildman–Crippen LogP) is 4.14. The van der Waals surface area contributed by atoms with Crippen LogP contribution in [-0.2, 0) is 0 Å². The summed E-state index contributed by atoms with van der Waals surface area (Å²) in [6.45, 7) is 3.68. The van der Waals surface area contributed by atoms with Gasteiger partial charge in [-0.2, -0.15) is 0 Å². The van der Waals surface area contributed by atoms with Crippen LogP contribution in [0.25, 0.3) is 0 Å². The van der Waals surface area contributed by atoms with E-state index in [0.717, 1.165) is 17.1 Å². The Morgan fingerprint density at radius 3 is 2.18 bits per heavy atom. The standard InChI is InChI=1S/C12H11Cl2N3/c1-7-11(14)8(2)16-12(15-7)17-10-6-4-3-5-9(10)13/h3-6H,1-2H3,(H,15,16,17). The van der Waals surface area contributed by atoms with E-state index < -0.39 is 0 Å². The summed E-state index contributed by atoms with van der Waals surface area (Å²) in [6, 6.07) is 7.43. The molecule has 1 aromatic carbocycles. The molecule has 1 heterocycles. The Morgan fingerprint density at radius 1 is 1.00 bits per heavy atom. The van der Waals surface area contributed by atoms with E-state index in [0.29, 0.717) is 16.0 Å². The number of halogens is 2. The predicted molar refractivity (Wildman–Crippen MR) is 71.3 cm³/mol. The maximum Gasteiger partial charge on any atom is 0.227 e. The van der Waals surface area contributed by atoms with Gasteiger partial charge in [-0.25, -0.2) is 9.97 Å². The fourth-order valence-corrected chi connectivity index (χ4v) is 1.71. The van der Waals surface area contributed by atoms with Gasteiger partial charge in [0, 0.05) is 0 Å². The first-order valence-electron chi connectivity index (χ1n) is 5.10. The van der Waals surface area contributed by atoms with E-state index in [1.54, 1.807) is 6.07 Å². The van der Waals surface area contributed by atoms with Gasteiger partial charge in [0.1, 0.15) is 0 Å². The summed E-state index contributed by atoms with van der Waals surface area (Å²) in [5.74, 6) is 0.498. The highest BCUT2D eigenvalue weighted by Crippen LogP contribution is 2.25. The molecule has 88 valence electrons. The number of aromatic nitrogens is 2. The zero-order chi connectivity index (χ0) is 12.4. The van der Waals surface area contributed by atoms with Gasteiger partial charge in [-0.15, -0.1) is 0 Å². The monoisotopic (exact) mass is 267 g/mol. The van der Waals surface area contributed by atoms with E-state index in [9.17, 15) is 0 Å². The Morgan fingerprint density at radius 2 is 1.59 bits per heavy atom. The minimum atomic E-state index is 0.498. The number of hydrogen-bond donors (Lipinski definition) is 1. The summed E-state index contributed by atoms with van der Waals surface area (Å²) in [5.41, 5.74) is 2.26. The van der Waals surface area contributed by atoms with Crippen molar-refractivity contribution in [2.45, 2.75) is 13.8 Å². The van der Waals surface area contributed by atoms with Crippen LogP contribution in [-0.4, -0.2) is 9.97 Å². The maximum atomic E-state index is 6.04. The number of aryl methyl sites for hydroxylation is 2. The number of anilines is 2. The molecular formula is C12H11Cl2N3. The van der Waals surface area contributed by atoms with E-state index >= 15 is 0 Å². The van der Waals surface area contributed by atoms with Crippen LogP contribution in [0.3, 0.4) is 0 Å². The smallest absolute Gasteiger partial charge is 0.227 e. The third kappa shape index (κ3) is 2.68. The molecular weight excluding hydrogens is 257 g/mol. The lowest BCUT2D eigenvalue weighted by molar-refractivity contribution is 1.06. The van der Waals surface area contributed by atoms with E-state index in [1.165, 1.54) is 0 Å². The normalized spacial score (nSPS) is 10.4. The van der Waals surface area contributed by atoms with Crippen molar-refractivity contribution in [3.63, 3.8) is 0 Å². The molecule has 5 heteroatoms. The molecule has 0 spiro atoms. The highest BCUT2D eigenvalue weighted by Gasteiger charge is 2.07. The molecule has 0 atom stereocenters. The Balaban J connectivity index is 2.34. The number of hydrogen-bond acceptors (Lipinski definition) is 3. The fraction of sp³-hybridized carbons (Fsp3) is 0.167. The molecule has 1 N–H and O–H groups in total. The minimum Gasteiger partial charge on any atom is -0.323 e. The highest BCUT2D eigenvalue weighted by molar-refractivity contribution is 6.33. The summed E-state index contributed by atoms with van der Waals surface area (Å²) in [6.07, 6.45) is 0. The average molecular weight is 268 g/mol. The van der Waals surface area contributed by atoms with E-state index in [-0.39, 0.29) is 0 Å². The molecule has 17 heavy (non-hydrogen) atoms. The van der Waals surface area contributed by atoms with Gasteiger partial charge >= 0.3 is 0 Å². The Hall–Kier alpha value is -1.32. The molecule has 2 rings (SSSR count). The number of benzene rings is 1. The number of para-hydroxylation sites is 1. The summed E-state index contributed by atoms with van der Waals surface area (Å²) >= 11 is 12.0. The third-order valence-electron chi connectivity index (χ3n) is 2.30. The minimum absolute atomic E-state index is 0.498. The highest BCUT2D eigenvalue weighted by atomic mass is 35.5. The quantitative estimate of drug-likeness (QED) is 0.889. The molecule has 0 amide bonds. The molecule has 1 aromatic heterocycles. The Labute approximate surface area is 110 Å². The van der Waals surface area contributed by atoms with Crippen molar-refractivity contribution in [3.8, 4) is 0 Å². The van der Waals surface area contributed by atoms with Crippen LogP contribution in [0.1, 0.15) is 11.4 Å². The van der Waals surface area contributed by atoms with Crippen molar-refractivity contribution in [2.75, 3.05) is 5.32 Å². The number of nitrogens with zero attached hydrogens (tertiary/aromatic N) is 2. The summed E-state index contributed by atoms with van der Waals surface area (Å²) in [5, 5.41) is 4.29. The van der Waals surface area contributed by atoms with Gasteiger partial charge in [0.15, 0.2) is 0 Å². The zero-order valence-electron chi connectivity index (χ0n) is 9.46. The molecule has 3 nitrogen and oxygen atoms in total. The largest absolute Gasteiger partial charge is 0.323 e. The van der Waals surface area contributed by atoms with Crippen molar-refractivity contribution >= 4 is 34.8 Å². The SMILES string of the molecule is Cc1nc(Nc2ccccc2Cl)nc(C)c1Cl. The summed E-state index contributed by atoms with van der Waals surface area (Å²) in [7, 11) is 0. The van der Waals surface area contributed by atoms with Gasteiger partial charge in [-0.1, -0.05) is 35.3 Å². The van der Waals surface area contributed by atoms with Crippen LogP contribution < -0.4 is 5.32 Å². The third-order valence-corrected chi connectivity index (χ3v) is 3.18. The molecule has 0 unspecified atom stereocenters. The first-order valence-corrected chi connectivity index (χ1v) is 5.86. The summed E-state index contributed by atoms with van der Waals surface area (Å²) < 4.78 is 0. The van der Waals surface area contributed by atoms with Crippen LogP contribution in [0.4, 0.5) is 11.6 Å². The van der Waals surface area contributed by atoms with Gasteiger partial charge in [0.2, 0.25) is 5.95 Å².